The van der Waals surface area contributed by atoms with E-state index in [0.29, 0.717) is 0 Å². The predicted molar refractivity (Wildman–Crippen MR) is 104 cm³/mol. The summed E-state index contributed by atoms with van der Waals surface area (Å²) < 4.78 is 2.37. The number of hydrogen-bond acceptors (Lipinski definition) is 2. The standard InChI is InChI=1S/C21H24N2S/c1-3-4-8-15-23-20(18-9-6-5-7-10-18)16-24-21(23)22-19-13-11-17(2)12-14-19/h5-7,9-14,16H,3-4,8,15H2,1-2H3. The number of hydrogen-bond donors (Lipinski definition) is 0. The van der Waals surface area contributed by atoms with Crippen molar-refractivity contribution in [1.29, 1.82) is 0 Å². The smallest absolute Gasteiger partial charge is 0.190 e. The molecule has 0 amide bonds. The van der Waals surface area contributed by atoms with Crippen LogP contribution in [0.15, 0.2) is 65.0 Å². The zero-order valence-corrected chi connectivity index (χ0v) is 15.2. The second kappa shape index (κ2) is 8.11. The van der Waals surface area contributed by atoms with Gasteiger partial charge in [-0.25, -0.2) is 4.99 Å². The Labute approximate surface area is 148 Å². The molecular formula is C21H24N2S. The van der Waals surface area contributed by atoms with Crippen LogP contribution in [0.25, 0.3) is 11.3 Å². The molecule has 0 unspecified atom stereocenters. The highest BCUT2D eigenvalue weighted by molar-refractivity contribution is 7.07. The maximum Gasteiger partial charge on any atom is 0.190 e. The van der Waals surface area contributed by atoms with Crippen molar-refractivity contribution in [3.8, 4) is 11.3 Å². The first kappa shape index (κ1) is 16.7. The Kier molecular flexibility index (Phi) is 5.65. The molecule has 3 aromatic rings. The van der Waals surface area contributed by atoms with Crippen LogP contribution in [0.1, 0.15) is 31.7 Å². The summed E-state index contributed by atoms with van der Waals surface area (Å²) in [5.74, 6) is 0. The zero-order valence-electron chi connectivity index (χ0n) is 14.4. The van der Waals surface area contributed by atoms with Crippen molar-refractivity contribution in [2.45, 2.75) is 39.7 Å². The molecule has 0 radical (unpaired) electrons. The highest BCUT2D eigenvalue weighted by Crippen LogP contribution is 2.21. The molecule has 24 heavy (non-hydrogen) atoms. The van der Waals surface area contributed by atoms with Crippen LogP contribution in [0.2, 0.25) is 0 Å². The monoisotopic (exact) mass is 336 g/mol. The van der Waals surface area contributed by atoms with Crippen LogP contribution in [0, 0.1) is 6.92 Å². The second-order valence-corrected chi connectivity index (χ2v) is 6.91. The first-order chi connectivity index (χ1) is 11.8. The fraction of sp³-hybridized carbons (Fsp3) is 0.286. The summed E-state index contributed by atoms with van der Waals surface area (Å²) in [5.41, 5.74) is 4.81. The van der Waals surface area contributed by atoms with E-state index < -0.39 is 0 Å². The molecule has 2 aromatic carbocycles. The van der Waals surface area contributed by atoms with E-state index in [1.165, 1.54) is 36.1 Å². The lowest BCUT2D eigenvalue weighted by Gasteiger charge is -2.09. The molecule has 1 aromatic heterocycles. The van der Waals surface area contributed by atoms with Gasteiger partial charge in [0.25, 0.3) is 0 Å². The summed E-state index contributed by atoms with van der Waals surface area (Å²) in [7, 11) is 0. The lowest BCUT2D eigenvalue weighted by molar-refractivity contribution is 0.596. The molecule has 0 saturated carbocycles. The Morgan fingerprint density at radius 3 is 2.42 bits per heavy atom. The molecule has 0 N–H and O–H groups in total. The van der Waals surface area contributed by atoms with Crippen LogP contribution in [0.4, 0.5) is 5.69 Å². The van der Waals surface area contributed by atoms with Gasteiger partial charge in [-0.15, -0.1) is 11.3 Å². The summed E-state index contributed by atoms with van der Waals surface area (Å²) in [4.78, 5) is 5.97. The number of nitrogens with zero attached hydrogens (tertiary/aromatic N) is 2. The minimum Gasteiger partial charge on any atom is -0.316 e. The van der Waals surface area contributed by atoms with Gasteiger partial charge in [-0.05, 0) is 31.0 Å². The molecule has 3 heteroatoms. The van der Waals surface area contributed by atoms with E-state index >= 15 is 0 Å². The van der Waals surface area contributed by atoms with Gasteiger partial charge in [0.15, 0.2) is 4.80 Å². The minimum atomic E-state index is 1.02. The Bertz CT molecular complexity index is 826. The summed E-state index contributed by atoms with van der Waals surface area (Å²) in [6.07, 6.45) is 3.67. The Hall–Kier alpha value is -2.13. The Morgan fingerprint density at radius 1 is 0.958 bits per heavy atom. The summed E-state index contributed by atoms with van der Waals surface area (Å²) in [6, 6.07) is 19.0. The SMILES string of the molecule is CCCCCn1c(-c2ccccc2)csc1=Nc1ccc(C)cc1. The van der Waals surface area contributed by atoms with Crippen LogP contribution < -0.4 is 4.80 Å². The summed E-state index contributed by atoms with van der Waals surface area (Å²) >= 11 is 1.72. The van der Waals surface area contributed by atoms with Crippen LogP contribution in [-0.2, 0) is 6.54 Å². The van der Waals surface area contributed by atoms with Crippen molar-refractivity contribution < 1.29 is 0 Å². The van der Waals surface area contributed by atoms with E-state index in [2.05, 4.69) is 78.4 Å². The van der Waals surface area contributed by atoms with Crippen molar-refractivity contribution in [2.75, 3.05) is 0 Å². The topological polar surface area (TPSA) is 17.3 Å². The Morgan fingerprint density at radius 2 is 1.71 bits per heavy atom. The van der Waals surface area contributed by atoms with Gasteiger partial charge in [-0.2, -0.15) is 0 Å². The van der Waals surface area contributed by atoms with Crippen LogP contribution in [0.5, 0.6) is 0 Å². The van der Waals surface area contributed by atoms with Gasteiger partial charge < -0.3 is 4.57 Å². The average Bonchev–Trinajstić information content (AvgIpc) is 3.01. The third-order valence-electron chi connectivity index (χ3n) is 4.11. The fourth-order valence-corrected chi connectivity index (χ4v) is 3.68. The van der Waals surface area contributed by atoms with E-state index in [9.17, 15) is 0 Å². The number of aryl methyl sites for hydroxylation is 1. The van der Waals surface area contributed by atoms with Gasteiger partial charge >= 0.3 is 0 Å². The number of rotatable bonds is 6. The third kappa shape index (κ3) is 4.04. The zero-order chi connectivity index (χ0) is 16.8. The van der Waals surface area contributed by atoms with E-state index in [1.54, 1.807) is 11.3 Å². The third-order valence-corrected chi connectivity index (χ3v) is 4.97. The highest BCUT2D eigenvalue weighted by atomic mass is 32.1. The minimum absolute atomic E-state index is 1.02. The Balaban J connectivity index is 2.02. The molecule has 3 rings (SSSR count). The van der Waals surface area contributed by atoms with Crippen LogP contribution in [0.3, 0.4) is 0 Å². The number of aromatic nitrogens is 1. The van der Waals surface area contributed by atoms with Gasteiger partial charge in [0.05, 0.1) is 11.4 Å². The normalized spacial score (nSPS) is 11.8. The van der Waals surface area contributed by atoms with Crippen molar-refractivity contribution in [1.82, 2.24) is 4.57 Å². The summed E-state index contributed by atoms with van der Waals surface area (Å²) in [6.45, 7) is 5.37. The number of thiazole rings is 1. The number of unbranched alkanes of at least 4 members (excludes halogenated alkanes) is 2. The summed E-state index contributed by atoms with van der Waals surface area (Å²) in [5, 5.41) is 2.23. The molecule has 0 atom stereocenters. The van der Waals surface area contributed by atoms with E-state index in [0.717, 1.165) is 17.0 Å². The van der Waals surface area contributed by atoms with E-state index in [4.69, 9.17) is 4.99 Å². The van der Waals surface area contributed by atoms with Crippen molar-refractivity contribution in [2.24, 2.45) is 4.99 Å². The van der Waals surface area contributed by atoms with Crippen molar-refractivity contribution in [3.05, 3.63) is 70.3 Å². The van der Waals surface area contributed by atoms with Gasteiger partial charge in [0, 0.05) is 11.9 Å². The molecule has 0 bridgehead atoms. The van der Waals surface area contributed by atoms with E-state index in [-0.39, 0.29) is 0 Å². The van der Waals surface area contributed by atoms with Crippen LogP contribution in [-0.4, -0.2) is 4.57 Å². The molecule has 0 spiro atoms. The first-order valence-electron chi connectivity index (χ1n) is 8.63. The van der Waals surface area contributed by atoms with Crippen molar-refractivity contribution >= 4 is 17.0 Å². The molecule has 0 aliphatic heterocycles. The van der Waals surface area contributed by atoms with Crippen molar-refractivity contribution in [3.63, 3.8) is 0 Å². The quantitative estimate of drug-likeness (QED) is 0.495. The molecule has 0 aliphatic carbocycles. The second-order valence-electron chi connectivity index (χ2n) is 6.08. The maximum atomic E-state index is 4.89. The molecule has 0 fully saturated rings. The molecule has 124 valence electrons. The van der Waals surface area contributed by atoms with E-state index in [1.807, 2.05) is 0 Å². The van der Waals surface area contributed by atoms with Gasteiger partial charge in [-0.3, -0.25) is 0 Å². The lowest BCUT2D eigenvalue weighted by atomic mass is 10.1. The van der Waals surface area contributed by atoms with Gasteiger partial charge in [0.2, 0.25) is 0 Å². The molecule has 0 saturated heterocycles. The first-order valence-corrected chi connectivity index (χ1v) is 9.51. The van der Waals surface area contributed by atoms with Gasteiger partial charge in [-0.1, -0.05) is 67.8 Å². The van der Waals surface area contributed by atoms with Crippen LogP contribution >= 0.6 is 11.3 Å². The number of benzene rings is 2. The predicted octanol–water partition coefficient (Wildman–Crippen LogP) is 5.95. The molecule has 2 nitrogen and oxygen atoms in total. The lowest BCUT2D eigenvalue weighted by Crippen LogP contribution is -2.16. The largest absolute Gasteiger partial charge is 0.316 e. The molecule has 0 aliphatic rings. The fourth-order valence-electron chi connectivity index (χ4n) is 2.72. The van der Waals surface area contributed by atoms with Gasteiger partial charge in [0.1, 0.15) is 0 Å². The maximum absolute atomic E-state index is 4.89. The molecule has 1 heterocycles. The average molecular weight is 337 g/mol. The molecular weight excluding hydrogens is 312 g/mol. The highest BCUT2D eigenvalue weighted by Gasteiger charge is 2.07.